The van der Waals surface area contributed by atoms with Crippen LogP contribution in [0.25, 0.3) is 0 Å². The van der Waals surface area contributed by atoms with Crippen LogP contribution in [0.1, 0.15) is 11.3 Å². The minimum atomic E-state index is -5.90. The monoisotopic (exact) mass is 259 g/mol. The Morgan fingerprint density at radius 3 is 1.76 bits per heavy atom. The van der Waals surface area contributed by atoms with Crippen LogP contribution in [0.5, 0.6) is 0 Å². The molecule has 0 aliphatic carbocycles. The first-order chi connectivity index (χ1) is 7.50. The van der Waals surface area contributed by atoms with Gasteiger partial charge in [0.25, 0.3) is 5.60 Å². The molecule has 0 saturated carbocycles. The van der Waals surface area contributed by atoms with Gasteiger partial charge in [-0.2, -0.15) is 26.3 Å². The number of aromatic nitrogens is 1. The summed E-state index contributed by atoms with van der Waals surface area (Å²) in [6, 6.07) is 1.50. The van der Waals surface area contributed by atoms with E-state index in [1.807, 2.05) is 0 Å². The van der Waals surface area contributed by atoms with Gasteiger partial charge in [0.15, 0.2) is 0 Å². The smallest absolute Gasteiger partial charge is 0.368 e. The van der Waals surface area contributed by atoms with Crippen molar-refractivity contribution < 1.29 is 31.4 Å². The fraction of sp³-hybridized carbons (Fsp3) is 0.444. The lowest BCUT2D eigenvalue weighted by Gasteiger charge is -2.31. The largest absolute Gasteiger partial charge is 0.432 e. The molecule has 1 aromatic rings. The SMILES string of the molecule is Cc1ccc(C(O)(C(F)(F)F)C(F)(F)F)nc1. The normalized spacial score (nSPS) is 13.9. The van der Waals surface area contributed by atoms with Crippen molar-refractivity contribution >= 4 is 0 Å². The van der Waals surface area contributed by atoms with Gasteiger partial charge in [-0.3, -0.25) is 4.98 Å². The Bertz CT molecular complexity index is 379. The van der Waals surface area contributed by atoms with Crippen molar-refractivity contribution in [3.63, 3.8) is 0 Å². The van der Waals surface area contributed by atoms with Crippen molar-refractivity contribution in [2.24, 2.45) is 0 Å². The number of nitrogens with zero attached hydrogens (tertiary/aromatic N) is 1. The summed E-state index contributed by atoms with van der Waals surface area (Å²) >= 11 is 0. The van der Waals surface area contributed by atoms with E-state index in [4.69, 9.17) is 5.11 Å². The van der Waals surface area contributed by atoms with E-state index in [-0.39, 0.29) is 0 Å². The van der Waals surface area contributed by atoms with Gasteiger partial charge in [-0.05, 0) is 18.6 Å². The van der Waals surface area contributed by atoms with Crippen molar-refractivity contribution in [2.75, 3.05) is 0 Å². The molecule has 1 rings (SSSR count). The summed E-state index contributed by atoms with van der Waals surface area (Å²) in [5.41, 5.74) is -6.07. The quantitative estimate of drug-likeness (QED) is 0.786. The fourth-order valence-corrected chi connectivity index (χ4v) is 1.13. The minimum absolute atomic E-state index is 0.375. The van der Waals surface area contributed by atoms with Crippen LogP contribution < -0.4 is 0 Å². The van der Waals surface area contributed by atoms with Crippen LogP contribution in [0.2, 0.25) is 0 Å². The van der Waals surface area contributed by atoms with Crippen LogP contribution in [0.15, 0.2) is 18.3 Å². The maximum absolute atomic E-state index is 12.4. The van der Waals surface area contributed by atoms with Crippen molar-refractivity contribution in [3.05, 3.63) is 29.6 Å². The number of rotatable bonds is 1. The second-order valence-electron chi connectivity index (χ2n) is 3.43. The lowest BCUT2D eigenvalue weighted by molar-refractivity contribution is -0.377. The minimum Gasteiger partial charge on any atom is -0.368 e. The first-order valence-electron chi connectivity index (χ1n) is 4.29. The van der Waals surface area contributed by atoms with Gasteiger partial charge in [-0.1, -0.05) is 6.07 Å². The molecule has 0 spiro atoms. The highest BCUT2D eigenvalue weighted by Gasteiger charge is 2.72. The molecule has 1 heterocycles. The second-order valence-corrected chi connectivity index (χ2v) is 3.43. The molecule has 96 valence electrons. The van der Waals surface area contributed by atoms with E-state index in [0.717, 1.165) is 12.3 Å². The van der Waals surface area contributed by atoms with Gasteiger partial charge < -0.3 is 5.11 Å². The van der Waals surface area contributed by atoms with E-state index >= 15 is 0 Å². The third-order valence-electron chi connectivity index (χ3n) is 2.10. The summed E-state index contributed by atoms with van der Waals surface area (Å²) in [4.78, 5) is 2.99. The highest BCUT2D eigenvalue weighted by molar-refractivity contribution is 5.21. The Balaban J connectivity index is 3.41. The number of aliphatic hydroxyl groups is 1. The number of pyridine rings is 1. The van der Waals surface area contributed by atoms with Crippen molar-refractivity contribution in [1.82, 2.24) is 4.98 Å². The van der Waals surface area contributed by atoms with E-state index < -0.39 is 23.6 Å². The van der Waals surface area contributed by atoms with Crippen LogP contribution >= 0.6 is 0 Å². The first-order valence-corrected chi connectivity index (χ1v) is 4.29. The van der Waals surface area contributed by atoms with E-state index in [0.29, 0.717) is 11.6 Å². The zero-order valence-electron chi connectivity index (χ0n) is 8.39. The molecule has 0 unspecified atom stereocenters. The Hall–Kier alpha value is -1.31. The summed E-state index contributed by atoms with van der Waals surface area (Å²) in [5.74, 6) is 0. The molecule has 1 N–H and O–H groups in total. The predicted molar refractivity (Wildman–Crippen MR) is 45.0 cm³/mol. The molecule has 0 amide bonds. The summed E-state index contributed by atoms with van der Waals surface area (Å²) in [7, 11) is 0. The molecular weight excluding hydrogens is 252 g/mol. The highest BCUT2D eigenvalue weighted by Crippen LogP contribution is 2.49. The number of alkyl halides is 6. The highest BCUT2D eigenvalue weighted by atomic mass is 19.4. The molecule has 0 aliphatic rings. The standard InChI is InChI=1S/C9H7F6NO/c1-5-2-3-6(16-4-5)7(17,8(10,11)12)9(13,14)15/h2-4,17H,1H3. The molecule has 0 atom stereocenters. The van der Waals surface area contributed by atoms with E-state index in [1.54, 1.807) is 0 Å². The first kappa shape index (κ1) is 13.8. The fourth-order valence-electron chi connectivity index (χ4n) is 1.13. The number of hydrogen-bond donors (Lipinski definition) is 1. The van der Waals surface area contributed by atoms with Gasteiger partial charge in [-0.25, -0.2) is 0 Å². The summed E-state index contributed by atoms with van der Waals surface area (Å²) < 4.78 is 74.3. The molecule has 0 saturated heterocycles. The molecule has 2 nitrogen and oxygen atoms in total. The van der Waals surface area contributed by atoms with Gasteiger partial charge in [-0.15, -0.1) is 0 Å². The maximum Gasteiger partial charge on any atom is 0.432 e. The zero-order valence-corrected chi connectivity index (χ0v) is 8.39. The lowest BCUT2D eigenvalue weighted by atomic mass is 9.97. The molecule has 1 aromatic heterocycles. The topological polar surface area (TPSA) is 33.1 Å². The van der Waals surface area contributed by atoms with Gasteiger partial charge >= 0.3 is 12.4 Å². The molecule has 0 radical (unpaired) electrons. The van der Waals surface area contributed by atoms with E-state index in [2.05, 4.69) is 4.98 Å². The van der Waals surface area contributed by atoms with Crippen LogP contribution in [0.3, 0.4) is 0 Å². The maximum atomic E-state index is 12.4. The molecule has 0 fully saturated rings. The summed E-state index contributed by atoms with van der Waals surface area (Å²) in [6.45, 7) is 1.44. The van der Waals surface area contributed by atoms with Gasteiger partial charge in [0.2, 0.25) is 0 Å². The predicted octanol–water partition coefficient (Wildman–Crippen LogP) is 2.70. The number of halogens is 6. The molecule has 0 aromatic carbocycles. The number of aryl methyl sites for hydroxylation is 1. The Morgan fingerprint density at radius 2 is 1.47 bits per heavy atom. The molecule has 0 bridgehead atoms. The van der Waals surface area contributed by atoms with E-state index in [9.17, 15) is 26.3 Å². The van der Waals surface area contributed by atoms with Gasteiger partial charge in [0, 0.05) is 6.20 Å². The van der Waals surface area contributed by atoms with Crippen molar-refractivity contribution in [2.45, 2.75) is 24.9 Å². The third kappa shape index (κ3) is 2.21. The Morgan fingerprint density at radius 1 is 1.00 bits per heavy atom. The summed E-state index contributed by atoms with van der Waals surface area (Å²) in [6.07, 6.45) is -11.0. The van der Waals surface area contributed by atoms with Gasteiger partial charge in [0.1, 0.15) is 0 Å². The van der Waals surface area contributed by atoms with Crippen LogP contribution in [0, 0.1) is 6.92 Å². The average Bonchev–Trinajstić information content (AvgIpc) is 2.14. The average molecular weight is 259 g/mol. The van der Waals surface area contributed by atoms with E-state index in [1.165, 1.54) is 6.92 Å². The second kappa shape index (κ2) is 3.86. The number of hydrogen-bond acceptors (Lipinski definition) is 2. The van der Waals surface area contributed by atoms with Crippen LogP contribution in [0.4, 0.5) is 26.3 Å². The summed E-state index contributed by atoms with van der Waals surface area (Å²) in [5, 5.41) is 8.93. The molecular formula is C9H7F6NO. The lowest BCUT2D eigenvalue weighted by Crippen LogP contribution is -2.54. The van der Waals surface area contributed by atoms with Gasteiger partial charge in [0.05, 0.1) is 5.69 Å². The van der Waals surface area contributed by atoms with Crippen molar-refractivity contribution in [3.8, 4) is 0 Å². The molecule has 0 aliphatic heterocycles. The Kier molecular flexibility index (Phi) is 3.13. The van der Waals surface area contributed by atoms with Crippen LogP contribution in [-0.4, -0.2) is 22.4 Å². The molecule has 8 heteroatoms. The Labute approximate surface area is 91.9 Å². The van der Waals surface area contributed by atoms with Crippen molar-refractivity contribution in [1.29, 1.82) is 0 Å². The van der Waals surface area contributed by atoms with Crippen LogP contribution in [-0.2, 0) is 5.60 Å². The third-order valence-corrected chi connectivity index (χ3v) is 2.10. The zero-order chi connectivity index (χ0) is 13.5. The molecule has 17 heavy (non-hydrogen) atoms.